The highest BCUT2D eigenvalue weighted by Gasteiger charge is 2.07. The highest BCUT2D eigenvalue weighted by molar-refractivity contribution is 7.09. The second-order valence-electron chi connectivity index (χ2n) is 4.01. The number of benzene rings is 1. The molecule has 1 heterocycles. The molecule has 0 radical (unpaired) electrons. The number of thiazole rings is 1. The molecule has 0 spiro atoms. The number of hydrogen-bond donors (Lipinski definition) is 0. The quantitative estimate of drug-likeness (QED) is 0.860. The van der Waals surface area contributed by atoms with E-state index in [1.165, 1.54) is 0 Å². The summed E-state index contributed by atoms with van der Waals surface area (Å²) in [5.74, 6) is 0. The summed E-state index contributed by atoms with van der Waals surface area (Å²) in [6.07, 6.45) is 0. The average Bonchev–Trinajstić information content (AvgIpc) is 2.74. The van der Waals surface area contributed by atoms with Gasteiger partial charge in [-0.3, -0.25) is 0 Å². The molecule has 0 unspecified atom stereocenters. The molecule has 0 aliphatic carbocycles. The Kier molecular flexibility index (Phi) is 3.85. The van der Waals surface area contributed by atoms with Gasteiger partial charge in [0.1, 0.15) is 11.1 Å². The number of nitriles is 1. The molecule has 0 saturated heterocycles. The molecule has 1 aromatic heterocycles. The van der Waals surface area contributed by atoms with Gasteiger partial charge in [0.2, 0.25) is 0 Å². The van der Waals surface area contributed by atoms with Crippen molar-refractivity contribution in [2.45, 2.75) is 13.5 Å². The lowest BCUT2D eigenvalue weighted by Crippen LogP contribution is -2.16. The third-order valence-electron chi connectivity index (χ3n) is 2.55. The summed E-state index contributed by atoms with van der Waals surface area (Å²) in [5, 5.41) is 12.4. The Hall–Kier alpha value is -1.57. The third-order valence-corrected chi connectivity index (χ3v) is 3.82. The summed E-state index contributed by atoms with van der Waals surface area (Å²) in [6, 6.07) is 7.49. The van der Waals surface area contributed by atoms with E-state index in [0.717, 1.165) is 22.9 Å². The van der Waals surface area contributed by atoms with E-state index in [2.05, 4.69) is 16.0 Å². The number of nitrogens with zero attached hydrogens (tertiary/aromatic N) is 3. The first-order valence-electron chi connectivity index (χ1n) is 5.42. The molecule has 0 aliphatic rings. The molecular formula is C13H12ClN3S. The fourth-order valence-corrected chi connectivity index (χ4v) is 2.64. The van der Waals surface area contributed by atoms with Gasteiger partial charge in [-0.15, -0.1) is 11.3 Å². The molecule has 2 rings (SSSR count). The van der Waals surface area contributed by atoms with Crippen LogP contribution >= 0.6 is 22.9 Å². The first-order chi connectivity index (χ1) is 8.60. The van der Waals surface area contributed by atoms with Gasteiger partial charge in [0, 0.05) is 23.8 Å². The smallest absolute Gasteiger partial charge is 0.112 e. The molecule has 0 saturated carbocycles. The fourth-order valence-electron chi connectivity index (χ4n) is 1.60. The maximum Gasteiger partial charge on any atom is 0.112 e. The third kappa shape index (κ3) is 2.81. The number of anilines is 1. The van der Waals surface area contributed by atoms with Crippen molar-refractivity contribution in [2.75, 3.05) is 11.9 Å². The highest BCUT2D eigenvalue weighted by atomic mass is 35.5. The standard InChI is InChI=1S/C13H12ClN3S/c1-9-8-18-13(16-9)7-17(2)11-4-3-10(6-15)12(14)5-11/h3-5,8H,7H2,1-2H3. The maximum atomic E-state index is 8.83. The van der Waals surface area contributed by atoms with Gasteiger partial charge in [-0.1, -0.05) is 11.6 Å². The van der Waals surface area contributed by atoms with Crippen molar-refractivity contribution in [1.29, 1.82) is 5.26 Å². The molecule has 0 aliphatic heterocycles. The van der Waals surface area contributed by atoms with E-state index in [1.54, 1.807) is 23.5 Å². The van der Waals surface area contributed by atoms with Gasteiger partial charge in [-0.2, -0.15) is 5.26 Å². The van der Waals surface area contributed by atoms with E-state index < -0.39 is 0 Å². The van der Waals surface area contributed by atoms with Gasteiger partial charge in [-0.05, 0) is 25.1 Å². The van der Waals surface area contributed by atoms with E-state index in [4.69, 9.17) is 16.9 Å². The molecule has 0 atom stereocenters. The Morgan fingerprint density at radius 2 is 2.28 bits per heavy atom. The van der Waals surface area contributed by atoms with E-state index in [1.807, 2.05) is 25.4 Å². The number of hydrogen-bond acceptors (Lipinski definition) is 4. The largest absolute Gasteiger partial charge is 0.368 e. The van der Waals surface area contributed by atoms with Crippen LogP contribution in [0.5, 0.6) is 0 Å². The second kappa shape index (κ2) is 5.38. The van der Waals surface area contributed by atoms with Crippen LogP contribution in [0.25, 0.3) is 0 Å². The van der Waals surface area contributed by atoms with Crippen molar-refractivity contribution in [1.82, 2.24) is 4.98 Å². The van der Waals surface area contributed by atoms with Gasteiger partial charge in [-0.25, -0.2) is 4.98 Å². The van der Waals surface area contributed by atoms with Crippen LogP contribution in [0.2, 0.25) is 5.02 Å². The first kappa shape index (κ1) is 12.9. The molecule has 0 amide bonds. The van der Waals surface area contributed by atoms with Crippen LogP contribution in [-0.2, 0) is 6.54 Å². The van der Waals surface area contributed by atoms with Crippen molar-refractivity contribution in [3.05, 3.63) is 44.9 Å². The predicted molar refractivity (Wildman–Crippen MR) is 75.1 cm³/mol. The highest BCUT2D eigenvalue weighted by Crippen LogP contribution is 2.24. The summed E-state index contributed by atoms with van der Waals surface area (Å²) in [6.45, 7) is 2.72. The van der Waals surface area contributed by atoms with Gasteiger partial charge < -0.3 is 4.90 Å². The molecule has 3 nitrogen and oxygen atoms in total. The Bertz CT molecular complexity index is 601. The van der Waals surface area contributed by atoms with Gasteiger partial charge in [0.05, 0.1) is 17.1 Å². The molecular weight excluding hydrogens is 266 g/mol. The number of halogens is 1. The van der Waals surface area contributed by atoms with Crippen molar-refractivity contribution in [3.8, 4) is 6.07 Å². The lowest BCUT2D eigenvalue weighted by atomic mass is 10.2. The zero-order valence-electron chi connectivity index (χ0n) is 10.1. The van der Waals surface area contributed by atoms with E-state index in [0.29, 0.717) is 10.6 Å². The van der Waals surface area contributed by atoms with Crippen LogP contribution in [0.3, 0.4) is 0 Å². The topological polar surface area (TPSA) is 39.9 Å². The zero-order valence-corrected chi connectivity index (χ0v) is 11.7. The van der Waals surface area contributed by atoms with Crippen molar-refractivity contribution in [2.24, 2.45) is 0 Å². The van der Waals surface area contributed by atoms with E-state index in [-0.39, 0.29) is 0 Å². The van der Waals surface area contributed by atoms with Crippen LogP contribution in [-0.4, -0.2) is 12.0 Å². The lowest BCUT2D eigenvalue weighted by Gasteiger charge is -2.18. The zero-order chi connectivity index (χ0) is 13.1. The van der Waals surface area contributed by atoms with Crippen LogP contribution in [0, 0.1) is 18.3 Å². The normalized spacial score (nSPS) is 10.1. The SMILES string of the molecule is Cc1csc(CN(C)c2ccc(C#N)c(Cl)c2)n1. The van der Waals surface area contributed by atoms with Gasteiger partial charge >= 0.3 is 0 Å². The number of aryl methyl sites for hydroxylation is 1. The van der Waals surface area contributed by atoms with Gasteiger partial charge in [0.15, 0.2) is 0 Å². The number of aromatic nitrogens is 1. The summed E-state index contributed by atoms with van der Waals surface area (Å²) in [4.78, 5) is 6.48. The Morgan fingerprint density at radius 1 is 1.50 bits per heavy atom. The number of rotatable bonds is 3. The van der Waals surface area contributed by atoms with Crippen molar-refractivity contribution >= 4 is 28.6 Å². The molecule has 0 N–H and O–H groups in total. The molecule has 2 aromatic rings. The van der Waals surface area contributed by atoms with Crippen LogP contribution < -0.4 is 4.90 Å². The van der Waals surface area contributed by atoms with Crippen LogP contribution in [0.4, 0.5) is 5.69 Å². The molecule has 5 heteroatoms. The first-order valence-corrected chi connectivity index (χ1v) is 6.67. The van der Waals surface area contributed by atoms with Crippen LogP contribution in [0.15, 0.2) is 23.6 Å². The molecule has 92 valence electrons. The Balaban J connectivity index is 2.16. The minimum Gasteiger partial charge on any atom is -0.368 e. The molecule has 1 aromatic carbocycles. The minimum atomic E-state index is 0.483. The molecule has 18 heavy (non-hydrogen) atoms. The Morgan fingerprint density at radius 3 is 2.83 bits per heavy atom. The van der Waals surface area contributed by atoms with Crippen molar-refractivity contribution in [3.63, 3.8) is 0 Å². The summed E-state index contributed by atoms with van der Waals surface area (Å²) in [5.41, 5.74) is 2.52. The van der Waals surface area contributed by atoms with E-state index >= 15 is 0 Å². The summed E-state index contributed by atoms with van der Waals surface area (Å²) in [7, 11) is 1.98. The maximum absolute atomic E-state index is 8.83. The monoisotopic (exact) mass is 277 g/mol. The minimum absolute atomic E-state index is 0.483. The lowest BCUT2D eigenvalue weighted by molar-refractivity contribution is 0.905. The summed E-state index contributed by atoms with van der Waals surface area (Å²) < 4.78 is 0. The Labute approximate surface area is 115 Å². The molecule has 0 fully saturated rings. The predicted octanol–water partition coefficient (Wildman–Crippen LogP) is 3.61. The second-order valence-corrected chi connectivity index (χ2v) is 5.36. The van der Waals surface area contributed by atoms with Crippen molar-refractivity contribution < 1.29 is 0 Å². The average molecular weight is 278 g/mol. The summed E-state index contributed by atoms with van der Waals surface area (Å²) >= 11 is 7.66. The van der Waals surface area contributed by atoms with Crippen LogP contribution in [0.1, 0.15) is 16.3 Å². The molecule has 0 bridgehead atoms. The van der Waals surface area contributed by atoms with Gasteiger partial charge in [0.25, 0.3) is 0 Å². The fraction of sp³-hybridized carbons (Fsp3) is 0.231. The van der Waals surface area contributed by atoms with E-state index in [9.17, 15) is 0 Å².